The molecule has 0 aliphatic heterocycles. The number of hydrogen-bond donors (Lipinski definition) is 2. The number of nitrogens with one attached hydrogen (secondary N) is 2. The molecule has 2 rings (SSSR count). The summed E-state index contributed by atoms with van der Waals surface area (Å²) in [6, 6.07) is 2.98. The largest absolute Gasteiger partial charge is 0.352 e. The predicted molar refractivity (Wildman–Crippen MR) is 68.5 cm³/mol. The molecule has 0 bridgehead atoms. The normalized spacial score (nSPS) is 17.9. The number of benzene rings is 1. The zero-order valence-corrected chi connectivity index (χ0v) is 11.0. The fourth-order valence-corrected chi connectivity index (χ4v) is 1.93. The molecule has 1 aromatic rings. The topological polar surface area (TPSA) is 41.1 Å². The van der Waals surface area contributed by atoms with Crippen molar-refractivity contribution in [2.45, 2.75) is 44.8 Å². The number of halogens is 2. The van der Waals surface area contributed by atoms with Gasteiger partial charge in [0.2, 0.25) is 5.91 Å². The van der Waals surface area contributed by atoms with Crippen LogP contribution in [-0.4, -0.2) is 18.0 Å². The summed E-state index contributed by atoms with van der Waals surface area (Å²) in [5, 5.41) is 5.92. The lowest BCUT2D eigenvalue weighted by molar-refractivity contribution is -0.123. The molecule has 0 saturated heterocycles. The van der Waals surface area contributed by atoms with E-state index in [1.54, 1.807) is 13.8 Å². The van der Waals surface area contributed by atoms with Crippen molar-refractivity contribution in [1.29, 1.82) is 0 Å². The lowest BCUT2D eigenvalue weighted by atomic mass is 10.1. The smallest absolute Gasteiger partial charge is 0.237 e. The van der Waals surface area contributed by atoms with E-state index in [0.717, 1.165) is 18.9 Å². The van der Waals surface area contributed by atoms with Gasteiger partial charge in [-0.25, -0.2) is 8.78 Å². The number of carbonyl (C=O) groups excluding carboxylic acids is 1. The van der Waals surface area contributed by atoms with E-state index in [1.165, 1.54) is 12.1 Å². The maximum Gasteiger partial charge on any atom is 0.237 e. The van der Waals surface area contributed by atoms with E-state index in [1.807, 2.05) is 0 Å². The van der Waals surface area contributed by atoms with Crippen LogP contribution < -0.4 is 10.6 Å². The number of hydrogen-bond acceptors (Lipinski definition) is 2. The van der Waals surface area contributed by atoms with Crippen LogP contribution in [0.3, 0.4) is 0 Å². The Morgan fingerprint density at radius 2 is 1.79 bits per heavy atom. The van der Waals surface area contributed by atoms with Crippen LogP contribution in [0.2, 0.25) is 0 Å². The number of amides is 1. The molecule has 2 atom stereocenters. The van der Waals surface area contributed by atoms with Gasteiger partial charge in [-0.15, -0.1) is 0 Å². The Hall–Kier alpha value is -1.49. The molecule has 3 nitrogen and oxygen atoms in total. The van der Waals surface area contributed by atoms with Crippen molar-refractivity contribution < 1.29 is 13.6 Å². The van der Waals surface area contributed by atoms with Crippen LogP contribution in [-0.2, 0) is 4.79 Å². The second kappa shape index (κ2) is 5.65. The summed E-state index contributed by atoms with van der Waals surface area (Å²) >= 11 is 0. The molecule has 1 fully saturated rings. The highest BCUT2D eigenvalue weighted by atomic mass is 19.1. The van der Waals surface area contributed by atoms with Crippen molar-refractivity contribution in [1.82, 2.24) is 10.6 Å². The van der Waals surface area contributed by atoms with Gasteiger partial charge >= 0.3 is 0 Å². The first kappa shape index (κ1) is 13.9. The average Bonchev–Trinajstić information content (AvgIpc) is 3.11. The quantitative estimate of drug-likeness (QED) is 0.860. The minimum Gasteiger partial charge on any atom is -0.352 e. The van der Waals surface area contributed by atoms with Crippen molar-refractivity contribution in [3.8, 4) is 0 Å². The predicted octanol–water partition coefficient (Wildman–Crippen LogP) is 2.28. The Morgan fingerprint density at radius 1 is 1.21 bits per heavy atom. The summed E-state index contributed by atoms with van der Waals surface area (Å²) in [7, 11) is 0. The molecule has 2 N–H and O–H groups in total. The lowest BCUT2D eigenvalue weighted by Gasteiger charge is -2.20. The minimum atomic E-state index is -0.612. The van der Waals surface area contributed by atoms with Gasteiger partial charge in [-0.05, 0) is 44.4 Å². The fraction of sp³-hybridized carbons (Fsp3) is 0.500. The van der Waals surface area contributed by atoms with Crippen LogP contribution in [0.4, 0.5) is 8.78 Å². The highest BCUT2D eigenvalue weighted by Gasteiger charge is 2.26. The standard InChI is InChI=1S/C14H18F2N2O/c1-8(10-5-11(15)7-12(16)6-10)17-9(2)14(19)18-13-3-4-13/h5-9,13,17H,3-4H2,1-2H3,(H,18,19). The van der Waals surface area contributed by atoms with Crippen LogP contribution in [0.1, 0.15) is 38.3 Å². The maximum absolute atomic E-state index is 13.1. The van der Waals surface area contributed by atoms with Crippen molar-refractivity contribution in [3.05, 3.63) is 35.4 Å². The molecule has 0 radical (unpaired) electrons. The zero-order chi connectivity index (χ0) is 14.0. The monoisotopic (exact) mass is 268 g/mol. The third kappa shape index (κ3) is 3.99. The molecular formula is C14H18F2N2O. The average molecular weight is 268 g/mol. The molecule has 0 heterocycles. The Labute approximate surface area is 111 Å². The van der Waals surface area contributed by atoms with Crippen molar-refractivity contribution in [2.24, 2.45) is 0 Å². The summed E-state index contributed by atoms with van der Waals surface area (Å²) in [4.78, 5) is 11.8. The Balaban J connectivity index is 1.94. The summed E-state index contributed by atoms with van der Waals surface area (Å²) in [5.74, 6) is -1.30. The molecule has 5 heteroatoms. The van der Waals surface area contributed by atoms with E-state index in [-0.39, 0.29) is 11.9 Å². The number of carbonyl (C=O) groups is 1. The van der Waals surface area contributed by atoms with Gasteiger partial charge in [0.1, 0.15) is 11.6 Å². The zero-order valence-electron chi connectivity index (χ0n) is 11.0. The first-order valence-electron chi connectivity index (χ1n) is 6.48. The van der Waals surface area contributed by atoms with Gasteiger partial charge in [0, 0.05) is 18.2 Å². The molecular weight excluding hydrogens is 250 g/mol. The van der Waals surface area contributed by atoms with Crippen LogP contribution in [0.15, 0.2) is 18.2 Å². The summed E-state index contributed by atoms with van der Waals surface area (Å²) in [6.45, 7) is 3.51. The molecule has 1 aliphatic rings. The van der Waals surface area contributed by atoms with E-state index >= 15 is 0 Å². The molecule has 1 saturated carbocycles. The Bertz CT molecular complexity index is 454. The molecule has 0 spiro atoms. The third-order valence-electron chi connectivity index (χ3n) is 3.20. The van der Waals surface area contributed by atoms with E-state index < -0.39 is 17.7 Å². The SMILES string of the molecule is CC(NC(C)c1cc(F)cc(F)c1)C(=O)NC1CC1. The minimum absolute atomic E-state index is 0.0776. The van der Waals surface area contributed by atoms with Gasteiger partial charge in [-0.1, -0.05) is 0 Å². The van der Waals surface area contributed by atoms with Gasteiger partial charge in [0.05, 0.1) is 6.04 Å². The highest BCUT2D eigenvalue weighted by molar-refractivity contribution is 5.81. The van der Waals surface area contributed by atoms with E-state index in [2.05, 4.69) is 10.6 Å². The maximum atomic E-state index is 13.1. The van der Waals surface area contributed by atoms with Crippen molar-refractivity contribution in [3.63, 3.8) is 0 Å². The van der Waals surface area contributed by atoms with Gasteiger partial charge in [-0.3, -0.25) is 10.1 Å². The van der Waals surface area contributed by atoms with Crippen LogP contribution in [0.25, 0.3) is 0 Å². The van der Waals surface area contributed by atoms with Crippen LogP contribution in [0.5, 0.6) is 0 Å². The van der Waals surface area contributed by atoms with Crippen molar-refractivity contribution >= 4 is 5.91 Å². The first-order valence-corrected chi connectivity index (χ1v) is 6.48. The lowest BCUT2D eigenvalue weighted by Crippen LogP contribution is -2.43. The van der Waals surface area contributed by atoms with Crippen LogP contribution >= 0.6 is 0 Å². The summed E-state index contributed by atoms with van der Waals surface area (Å²) < 4.78 is 26.2. The summed E-state index contributed by atoms with van der Waals surface area (Å²) in [5.41, 5.74) is 0.489. The number of rotatable bonds is 5. The summed E-state index contributed by atoms with van der Waals surface area (Å²) in [6.07, 6.45) is 2.06. The molecule has 19 heavy (non-hydrogen) atoms. The molecule has 104 valence electrons. The molecule has 1 amide bonds. The van der Waals surface area contributed by atoms with Gasteiger partial charge in [0.15, 0.2) is 0 Å². The second-order valence-electron chi connectivity index (χ2n) is 5.10. The molecule has 2 unspecified atom stereocenters. The van der Waals surface area contributed by atoms with Gasteiger partial charge < -0.3 is 5.32 Å². The third-order valence-corrected chi connectivity index (χ3v) is 3.20. The highest BCUT2D eigenvalue weighted by Crippen LogP contribution is 2.19. The molecule has 1 aliphatic carbocycles. The van der Waals surface area contributed by atoms with E-state index in [9.17, 15) is 13.6 Å². The Morgan fingerprint density at radius 3 is 2.32 bits per heavy atom. The van der Waals surface area contributed by atoms with Gasteiger partial charge in [0.25, 0.3) is 0 Å². The van der Waals surface area contributed by atoms with Crippen LogP contribution in [0, 0.1) is 11.6 Å². The fourth-order valence-electron chi connectivity index (χ4n) is 1.93. The molecule has 1 aromatic carbocycles. The first-order chi connectivity index (χ1) is 8.95. The second-order valence-corrected chi connectivity index (χ2v) is 5.10. The van der Waals surface area contributed by atoms with E-state index in [4.69, 9.17) is 0 Å². The Kier molecular flexibility index (Phi) is 4.14. The van der Waals surface area contributed by atoms with Crippen molar-refractivity contribution in [2.75, 3.05) is 0 Å². The van der Waals surface area contributed by atoms with E-state index in [0.29, 0.717) is 11.6 Å². The van der Waals surface area contributed by atoms with Gasteiger partial charge in [-0.2, -0.15) is 0 Å². The molecule has 0 aromatic heterocycles.